The number of rotatable bonds is 2. The lowest BCUT2D eigenvalue weighted by Gasteiger charge is -2.35. The minimum atomic E-state index is -0.185. The number of nitrogens with zero attached hydrogens (tertiary/aromatic N) is 1. The van der Waals surface area contributed by atoms with Gasteiger partial charge >= 0.3 is 0 Å². The highest BCUT2D eigenvalue weighted by atomic mass is 79.9. The van der Waals surface area contributed by atoms with E-state index in [0.717, 1.165) is 12.8 Å². The van der Waals surface area contributed by atoms with Gasteiger partial charge in [0.25, 0.3) is 5.91 Å². The quantitative estimate of drug-likeness (QED) is 0.836. The predicted molar refractivity (Wildman–Crippen MR) is 77.5 cm³/mol. The topological polar surface area (TPSA) is 51.2 Å². The van der Waals surface area contributed by atoms with Crippen molar-refractivity contribution >= 4 is 33.4 Å². The summed E-state index contributed by atoms with van der Waals surface area (Å²) < 4.78 is 6.25. The second-order valence-corrected chi connectivity index (χ2v) is 6.48. The third-order valence-electron chi connectivity index (χ3n) is 3.09. The van der Waals surface area contributed by atoms with E-state index in [1.165, 1.54) is 6.20 Å². The second kappa shape index (κ2) is 5.77. The zero-order chi connectivity index (χ0) is 14.0. The first-order chi connectivity index (χ1) is 8.87. The Morgan fingerprint density at radius 2 is 2.37 bits per heavy atom. The SMILES string of the molecule is CC1(C)C[C@H](NC(=O)c2cnc(Cl)c(Br)c2)CCO1. The van der Waals surface area contributed by atoms with E-state index in [2.05, 4.69) is 26.2 Å². The summed E-state index contributed by atoms with van der Waals surface area (Å²) in [6.45, 7) is 4.73. The van der Waals surface area contributed by atoms with Crippen molar-refractivity contribution in [2.75, 3.05) is 6.61 Å². The van der Waals surface area contributed by atoms with Crippen LogP contribution in [-0.4, -0.2) is 29.1 Å². The average Bonchev–Trinajstić information content (AvgIpc) is 2.31. The van der Waals surface area contributed by atoms with Gasteiger partial charge in [-0.2, -0.15) is 0 Å². The highest BCUT2D eigenvalue weighted by Gasteiger charge is 2.29. The Morgan fingerprint density at radius 1 is 1.63 bits per heavy atom. The molecule has 19 heavy (non-hydrogen) atoms. The van der Waals surface area contributed by atoms with Gasteiger partial charge in [-0.3, -0.25) is 4.79 Å². The van der Waals surface area contributed by atoms with Gasteiger partial charge in [0.1, 0.15) is 5.15 Å². The summed E-state index contributed by atoms with van der Waals surface area (Å²) in [6.07, 6.45) is 3.12. The molecule has 2 heterocycles. The monoisotopic (exact) mass is 346 g/mol. The van der Waals surface area contributed by atoms with Gasteiger partial charge in [-0.1, -0.05) is 11.6 Å². The molecular weight excluding hydrogens is 332 g/mol. The molecule has 0 aromatic carbocycles. The van der Waals surface area contributed by atoms with E-state index in [1.54, 1.807) is 6.07 Å². The zero-order valence-corrected chi connectivity index (χ0v) is 13.2. The number of carbonyl (C=O) groups is 1. The molecule has 0 saturated carbocycles. The first-order valence-electron chi connectivity index (χ1n) is 6.13. The molecule has 0 bridgehead atoms. The molecule has 1 fully saturated rings. The molecule has 1 atom stereocenters. The lowest BCUT2D eigenvalue weighted by atomic mass is 9.94. The van der Waals surface area contributed by atoms with Crippen LogP contribution < -0.4 is 5.32 Å². The fourth-order valence-electron chi connectivity index (χ4n) is 2.17. The van der Waals surface area contributed by atoms with Crippen LogP contribution in [0.1, 0.15) is 37.0 Å². The van der Waals surface area contributed by atoms with Crippen LogP contribution in [0.4, 0.5) is 0 Å². The summed E-state index contributed by atoms with van der Waals surface area (Å²) in [5, 5.41) is 3.37. The summed E-state index contributed by atoms with van der Waals surface area (Å²) in [4.78, 5) is 16.1. The Hall–Kier alpha value is -0.650. The van der Waals surface area contributed by atoms with E-state index in [4.69, 9.17) is 16.3 Å². The summed E-state index contributed by atoms with van der Waals surface area (Å²) in [6, 6.07) is 1.81. The van der Waals surface area contributed by atoms with Gasteiger partial charge in [-0.05, 0) is 48.7 Å². The van der Waals surface area contributed by atoms with Crippen LogP contribution in [0, 0.1) is 0 Å². The normalized spacial score (nSPS) is 22.0. The molecule has 1 N–H and O–H groups in total. The lowest BCUT2D eigenvalue weighted by molar-refractivity contribution is -0.0615. The van der Waals surface area contributed by atoms with Crippen molar-refractivity contribution in [3.8, 4) is 0 Å². The van der Waals surface area contributed by atoms with Gasteiger partial charge in [0.2, 0.25) is 0 Å². The van der Waals surface area contributed by atoms with E-state index in [0.29, 0.717) is 21.8 Å². The van der Waals surface area contributed by atoms with Crippen molar-refractivity contribution in [3.05, 3.63) is 27.5 Å². The Kier molecular flexibility index (Phi) is 4.48. The van der Waals surface area contributed by atoms with Crippen molar-refractivity contribution < 1.29 is 9.53 Å². The molecule has 104 valence electrons. The van der Waals surface area contributed by atoms with Crippen LogP contribution in [0.15, 0.2) is 16.7 Å². The number of hydrogen-bond donors (Lipinski definition) is 1. The number of carbonyl (C=O) groups excluding carboxylic acids is 1. The third-order valence-corrected chi connectivity index (χ3v) is 4.22. The molecule has 1 saturated heterocycles. The van der Waals surface area contributed by atoms with Gasteiger partial charge in [-0.15, -0.1) is 0 Å². The van der Waals surface area contributed by atoms with E-state index in [1.807, 2.05) is 13.8 Å². The maximum atomic E-state index is 12.1. The van der Waals surface area contributed by atoms with Gasteiger partial charge in [0.15, 0.2) is 0 Å². The van der Waals surface area contributed by atoms with Gasteiger partial charge in [-0.25, -0.2) is 4.98 Å². The smallest absolute Gasteiger partial charge is 0.253 e. The molecule has 1 amide bonds. The molecule has 0 aliphatic carbocycles. The molecule has 6 heteroatoms. The highest BCUT2D eigenvalue weighted by molar-refractivity contribution is 9.10. The molecule has 1 aromatic rings. The lowest BCUT2D eigenvalue weighted by Crippen LogP contribution is -2.45. The second-order valence-electron chi connectivity index (χ2n) is 5.27. The Labute approximate surface area is 126 Å². The van der Waals surface area contributed by atoms with Crippen LogP contribution in [0.2, 0.25) is 5.15 Å². The van der Waals surface area contributed by atoms with Gasteiger partial charge < -0.3 is 10.1 Å². The van der Waals surface area contributed by atoms with Crippen LogP contribution in [0.3, 0.4) is 0 Å². The van der Waals surface area contributed by atoms with Crippen LogP contribution in [-0.2, 0) is 4.74 Å². The minimum absolute atomic E-state index is 0.130. The molecule has 1 aliphatic rings. The van der Waals surface area contributed by atoms with Crippen LogP contribution in [0.25, 0.3) is 0 Å². The number of ether oxygens (including phenoxy) is 1. The van der Waals surface area contributed by atoms with Crippen LogP contribution in [0.5, 0.6) is 0 Å². The van der Waals surface area contributed by atoms with Crippen molar-refractivity contribution in [3.63, 3.8) is 0 Å². The zero-order valence-electron chi connectivity index (χ0n) is 10.9. The highest BCUT2D eigenvalue weighted by Crippen LogP contribution is 2.25. The number of aromatic nitrogens is 1. The molecule has 2 rings (SSSR count). The number of nitrogens with one attached hydrogen (secondary N) is 1. The van der Waals surface area contributed by atoms with Gasteiger partial charge in [0.05, 0.1) is 15.6 Å². The molecule has 4 nitrogen and oxygen atoms in total. The third kappa shape index (κ3) is 3.91. The van der Waals surface area contributed by atoms with Crippen molar-refractivity contribution in [2.24, 2.45) is 0 Å². The largest absolute Gasteiger partial charge is 0.375 e. The summed E-state index contributed by atoms with van der Waals surface area (Å²) in [7, 11) is 0. The number of pyridine rings is 1. The average molecular weight is 348 g/mol. The molecular formula is C13H16BrClN2O2. The standard InChI is InChI=1S/C13H16BrClN2O2/c1-13(2)6-9(3-4-19-13)17-12(18)8-5-10(14)11(15)16-7-8/h5,7,9H,3-4,6H2,1-2H3,(H,17,18)/t9-/m1/s1. The van der Waals surface area contributed by atoms with Crippen molar-refractivity contribution in [1.29, 1.82) is 0 Å². The van der Waals surface area contributed by atoms with Crippen LogP contribution >= 0.6 is 27.5 Å². The van der Waals surface area contributed by atoms with E-state index in [9.17, 15) is 4.79 Å². The Morgan fingerprint density at radius 3 is 3.00 bits per heavy atom. The maximum absolute atomic E-state index is 12.1. The Bertz CT molecular complexity index is 494. The van der Waals surface area contributed by atoms with E-state index in [-0.39, 0.29) is 17.6 Å². The van der Waals surface area contributed by atoms with E-state index < -0.39 is 0 Å². The molecule has 1 aliphatic heterocycles. The molecule has 0 unspecified atom stereocenters. The fraction of sp³-hybridized carbons (Fsp3) is 0.538. The molecule has 0 spiro atoms. The fourth-order valence-corrected chi connectivity index (χ4v) is 2.62. The van der Waals surface area contributed by atoms with Gasteiger partial charge in [0, 0.05) is 18.8 Å². The Balaban J connectivity index is 2.02. The number of halogens is 2. The first kappa shape index (κ1) is 14.8. The maximum Gasteiger partial charge on any atom is 0.253 e. The number of hydrogen-bond acceptors (Lipinski definition) is 3. The first-order valence-corrected chi connectivity index (χ1v) is 7.30. The predicted octanol–water partition coefficient (Wildman–Crippen LogP) is 3.18. The van der Waals surface area contributed by atoms with Crippen molar-refractivity contribution in [1.82, 2.24) is 10.3 Å². The number of amides is 1. The van der Waals surface area contributed by atoms with E-state index >= 15 is 0 Å². The summed E-state index contributed by atoms with van der Waals surface area (Å²) in [5.74, 6) is -0.132. The minimum Gasteiger partial charge on any atom is -0.375 e. The molecule has 0 radical (unpaired) electrons. The summed E-state index contributed by atoms with van der Waals surface area (Å²) >= 11 is 9.07. The van der Waals surface area contributed by atoms with Crippen molar-refractivity contribution in [2.45, 2.75) is 38.3 Å². The summed E-state index contributed by atoms with van der Waals surface area (Å²) in [5.41, 5.74) is 0.315. The molecule has 1 aromatic heterocycles.